The summed E-state index contributed by atoms with van der Waals surface area (Å²) < 4.78 is 25.7. The number of morpholine rings is 1. The van der Waals surface area contributed by atoms with Crippen LogP contribution in [0.4, 0.5) is 10.3 Å². The van der Waals surface area contributed by atoms with Crippen LogP contribution in [0.15, 0.2) is 18.2 Å². The van der Waals surface area contributed by atoms with E-state index in [1.54, 1.807) is 23.9 Å². The Kier molecular flexibility index (Phi) is 5.04. The van der Waals surface area contributed by atoms with Gasteiger partial charge in [-0.1, -0.05) is 22.8 Å². The molecular weight excluding hydrogens is 325 g/mol. The van der Waals surface area contributed by atoms with Crippen molar-refractivity contribution in [2.45, 2.75) is 12.6 Å². The van der Waals surface area contributed by atoms with E-state index < -0.39 is 5.82 Å². The smallest absolute Gasteiger partial charge is 0.246 e. The summed E-state index contributed by atoms with van der Waals surface area (Å²) in [6.07, 6.45) is -0.0147. The van der Waals surface area contributed by atoms with Gasteiger partial charge in [-0.05, 0) is 28.1 Å². The lowest BCUT2D eigenvalue weighted by Crippen LogP contribution is -2.45. The van der Waals surface area contributed by atoms with Gasteiger partial charge in [0.25, 0.3) is 0 Å². The fourth-order valence-electron chi connectivity index (χ4n) is 2.53. The molecule has 0 amide bonds. The van der Waals surface area contributed by atoms with Crippen LogP contribution in [0, 0.1) is 5.82 Å². The predicted molar refractivity (Wildman–Crippen MR) is 82.2 cm³/mol. The summed E-state index contributed by atoms with van der Waals surface area (Å²) in [5.74, 6) is 0.206. The number of halogens is 2. The second-order valence-corrected chi connectivity index (χ2v) is 5.69. The molecule has 1 aromatic carbocycles. The molecule has 1 atom stereocenters. The Morgan fingerprint density at radius 3 is 3.13 bits per heavy atom. The number of hydrogen-bond acceptors (Lipinski definition) is 6. The molecule has 3 rings (SSSR count). The highest BCUT2D eigenvalue weighted by molar-refractivity contribution is 6.30. The molecule has 0 saturated carbocycles. The highest BCUT2D eigenvalue weighted by atomic mass is 35.5. The van der Waals surface area contributed by atoms with Crippen LogP contribution < -0.4 is 4.90 Å². The summed E-state index contributed by atoms with van der Waals surface area (Å²) >= 11 is 5.82. The number of ether oxygens (including phenoxy) is 2. The fraction of sp³-hybridized carbons (Fsp3) is 0.500. The monoisotopic (exact) mass is 341 g/mol. The van der Waals surface area contributed by atoms with Gasteiger partial charge in [0.05, 0.1) is 30.9 Å². The highest BCUT2D eigenvalue weighted by Crippen LogP contribution is 2.19. The average molecular weight is 342 g/mol. The summed E-state index contributed by atoms with van der Waals surface area (Å²) in [6, 6.07) is 4.58. The number of benzene rings is 1. The standard InChI is InChI=1S/C14H17ClFN5O2/c1-22-9-11-8-20(4-5-23-11)14-17-18-19-21(14)7-10-2-3-13(16)12(15)6-10/h2-3,6,11H,4-5,7-9H2,1H3. The minimum atomic E-state index is -0.442. The molecule has 1 unspecified atom stereocenters. The Hall–Kier alpha value is -1.77. The lowest BCUT2D eigenvalue weighted by atomic mass is 10.2. The first kappa shape index (κ1) is 16.1. The third-order valence-corrected chi connectivity index (χ3v) is 3.89. The Labute approximate surface area is 137 Å². The van der Waals surface area contributed by atoms with Crippen LogP contribution in [0.3, 0.4) is 0 Å². The third-order valence-electron chi connectivity index (χ3n) is 3.60. The molecule has 0 spiro atoms. The van der Waals surface area contributed by atoms with Crippen molar-refractivity contribution in [3.8, 4) is 0 Å². The second-order valence-electron chi connectivity index (χ2n) is 5.28. The zero-order valence-electron chi connectivity index (χ0n) is 12.7. The van der Waals surface area contributed by atoms with Crippen molar-refractivity contribution in [1.29, 1.82) is 0 Å². The van der Waals surface area contributed by atoms with Crippen LogP contribution in [0.2, 0.25) is 5.02 Å². The second kappa shape index (κ2) is 7.20. The zero-order chi connectivity index (χ0) is 16.2. The molecule has 0 radical (unpaired) electrons. The van der Waals surface area contributed by atoms with E-state index in [1.165, 1.54) is 6.07 Å². The zero-order valence-corrected chi connectivity index (χ0v) is 13.4. The van der Waals surface area contributed by atoms with E-state index in [0.717, 1.165) is 5.56 Å². The van der Waals surface area contributed by atoms with Crippen molar-refractivity contribution in [2.75, 3.05) is 38.3 Å². The Morgan fingerprint density at radius 1 is 1.48 bits per heavy atom. The quantitative estimate of drug-likeness (QED) is 0.818. The van der Waals surface area contributed by atoms with Crippen molar-refractivity contribution in [3.63, 3.8) is 0 Å². The van der Waals surface area contributed by atoms with E-state index in [9.17, 15) is 4.39 Å². The highest BCUT2D eigenvalue weighted by Gasteiger charge is 2.24. The summed E-state index contributed by atoms with van der Waals surface area (Å²) in [6.45, 7) is 2.87. The van der Waals surface area contributed by atoms with Crippen molar-refractivity contribution >= 4 is 17.5 Å². The largest absolute Gasteiger partial charge is 0.382 e. The molecule has 7 nitrogen and oxygen atoms in total. The van der Waals surface area contributed by atoms with Gasteiger partial charge in [-0.15, -0.1) is 0 Å². The van der Waals surface area contributed by atoms with Gasteiger partial charge >= 0.3 is 0 Å². The number of rotatable bonds is 5. The topological polar surface area (TPSA) is 65.3 Å². The molecule has 0 aliphatic carbocycles. The maximum absolute atomic E-state index is 13.3. The third kappa shape index (κ3) is 3.77. The first-order valence-corrected chi connectivity index (χ1v) is 7.60. The van der Waals surface area contributed by atoms with Crippen LogP contribution >= 0.6 is 11.6 Å². The minimum Gasteiger partial charge on any atom is -0.382 e. The van der Waals surface area contributed by atoms with E-state index in [-0.39, 0.29) is 11.1 Å². The molecule has 9 heteroatoms. The number of nitrogens with zero attached hydrogens (tertiary/aromatic N) is 5. The molecule has 0 bridgehead atoms. The average Bonchev–Trinajstić information content (AvgIpc) is 3.00. The molecular formula is C14H17ClFN5O2. The number of tetrazole rings is 1. The van der Waals surface area contributed by atoms with Crippen LogP contribution in [0.5, 0.6) is 0 Å². The number of aromatic nitrogens is 4. The minimum absolute atomic E-state index is 0.0147. The van der Waals surface area contributed by atoms with E-state index in [1.807, 2.05) is 0 Å². The predicted octanol–water partition coefficient (Wildman–Crippen LogP) is 1.37. The van der Waals surface area contributed by atoms with Crippen LogP contribution in [-0.4, -0.2) is 59.7 Å². The molecule has 2 aromatic rings. The Morgan fingerprint density at radius 2 is 2.35 bits per heavy atom. The lowest BCUT2D eigenvalue weighted by Gasteiger charge is -2.32. The van der Waals surface area contributed by atoms with Gasteiger partial charge in [-0.3, -0.25) is 0 Å². The van der Waals surface area contributed by atoms with E-state index in [2.05, 4.69) is 20.4 Å². The molecule has 0 N–H and O–H groups in total. The maximum atomic E-state index is 13.3. The van der Waals surface area contributed by atoms with Gasteiger partial charge in [0.15, 0.2) is 0 Å². The van der Waals surface area contributed by atoms with Crippen molar-refractivity contribution in [3.05, 3.63) is 34.6 Å². The molecule has 1 aromatic heterocycles. The van der Waals surface area contributed by atoms with Crippen LogP contribution in [0.1, 0.15) is 5.56 Å². The number of hydrogen-bond donors (Lipinski definition) is 0. The van der Waals surface area contributed by atoms with Gasteiger partial charge < -0.3 is 14.4 Å². The van der Waals surface area contributed by atoms with Crippen molar-refractivity contribution < 1.29 is 13.9 Å². The van der Waals surface area contributed by atoms with E-state index in [0.29, 0.717) is 38.8 Å². The summed E-state index contributed by atoms with van der Waals surface area (Å²) in [4.78, 5) is 2.05. The van der Waals surface area contributed by atoms with Gasteiger partial charge in [-0.2, -0.15) is 0 Å². The maximum Gasteiger partial charge on any atom is 0.246 e. The van der Waals surface area contributed by atoms with Gasteiger partial charge in [0.2, 0.25) is 5.95 Å². The Bertz CT molecular complexity index is 666. The fourth-order valence-corrected chi connectivity index (χ4v) is 2.73. The summed E-state index contributed by atoms with van der Waals surface area (Å²) in [7, 11) is 1.64. The Balaban J connectivity index is 1.75. The van der Waals surface area contributed by atoms with Gasteiger partial charge in [-0.25, -0.2) is 9.07 Å². The molecule has 124 valence electrons. The van der Waals surface area contributed by atoms with Crippen LogP contribution in [-0.2, 0) is 16.0 Å². The molecule has 23 heavy (non-hydrogen) atoms. The SMILES string of the molecule is COCC1CN(c2nnnn2Cc2ccc(F)c(Cl)c2)CCO1. The van der Waals surface area contributed by atoms with Crippen molar-refractivity contribution in [2.24, 2.45) is 0 Å². The molecule has 1 aliphatic heterocycles. The first-order chi connectivity index (χ1) is 11.2. The van der Waals surface area contributed by atoms with E-state index in [4.69, 9.17) is 21.1 Å². The summed E-state index contributed by atoms with van der Waals surface area (Å²) in [5.41, 5.74) is 0.826. The number of anilines is 1. The van der Waals surface area contributed by atoms with Crippen LogP contribution in [0.25, 0.3) is 0 Å². The first-order valence-electron chi connectivity index (χ1n) is 7.23. The van der Waals surface area contributed by atoms with Crippen molar-refractivity contribution in [1.82, 2.24) is 20.2 Å². The van der Waals surface area contributed by atoms with E-state index >= 15 is 0 Å². The molecule has 1 fully saturated rings. The summed E-state index contributed by atoms with van der Waals surface area (Å²) in [5, 5.41) is 11.9. The lowest BCUT2D eigenvalue weighted by molar-refractivity contribution is -0.0106. The van der Waals surface area contributed by atoms with Gasteiger partial charge in [0.1, 0.15) is 5.82 Å². The molecule has 1 aliphatic rings. The normalized spacial score (nSPS) is 18.4. The van der Waals surface area contributed by atoms with Gasteiger partial charge in [0, 0.05) is 20.2 Å². The number of methoxy groups -OCH3 is 1. The molecule has 2 heterocycles. The molecule has 1 saturated heterocycles.